The van der Waals surface area contributed by atoms with Crippen LogP contribution in [0.5, 0.6) is 0 Å². The molecule has 0 radical (unpaired) electrons. The molecule has 3 amide bonds. The molecule has 0 aromatic heterocycles. The number of nitrogens with two attached hydrogens (primary N) is 1. The summed E-state index contributed by atoms with van der Waals surface area (Å²) in [5.74, 6) is -2.22. The summed E-state index contributed by atoms with van der Waals surface area (Å²) < 4.78 is 26.3. The minimum Gasteiger partial charge on any atom is -0.351 e. The van der Waals surface area contributed by atoms with E-state index in [0.717, 1.165) is 17.7 Å². The van der Waals surface area contributed by atoms with Gasteiger partial charge in [0.2, 0.25) is 0 Å². The van der Waals surface area contributed by atoms with E-state index in [4.69, 9.17) is 5.73 Å². The van der Waals surface area contributed by atoms with E-state index < -0.39 is 29.6 Å². The Labute approximate surface area is 131 Å². The number of carbonyl (C=O) groups is 2. The van der Waals surface area contributed by atoms with Crippen LogP contribution in [0.1, 0.15) is 28.9 Å². The van der Waals surface area contributed by atoms with Gasteiger partial charge < -0.3 is 16.4 Å². The van der Waals surface area contributed by atoms with Crippen molar-refractivity contribution in [1.29, 1.82) is 0 Å². The normalized spacial score (nSPS) is 11.6. The van der Waals surface area contributed by atoms with Gasteiger partial charge in [-0.1, -0.05) is 12.1 Å². The van der Waals surface area contributed by atoms with Crippen molar-refractivity contribution in [3.8, 4) is 0 Å². The summed E-state index contributed by atoms with van der Waals surface area (Å²) in [7, 11) is 0. The van der Waals surface area contributed by atoms with Crippen LogP contribution in [0.15, 0.2) is 42.5 Å². The first-order chi connectivity index (χ1) is 10.8. The number of anilines is 1. The molecule has 0 saturated carbocycles. The second-order valence-corrected chi connectivity index (χ2v) is 4.96. The van der Waals surface area contributed by atoms with Crippen LogP contribution in [-0.2, 0) is 0 Å². The molecule has 0 saturated heterocycles. The number of nitrogens with one attached hydrogen (secondary N) is 2. The molecule has 0 aliphatic rings. The molecule has 0 spiro atoms. The third-order valence-electron chi connectivity index (χ3n) is 3.15. The highest BCUT2D eigenvalue weighted by Crippen LogP contribution is 2.17. The van der Waals surface area contributed by atoms with Gasteiger partial charge in [-0.3, -0.25) is 4.79 Å². The Hall–Kier alpha value is -2.96. The van der Waals surface area contributed by atoms with Gasteiger partial charge in [-0.25, -0.2) is 13.6 Å². The van der Waals surface area contributed by atoms with Crippen LogP contribution in [0.4, 0.5) is 19.3 Å². The molecule has 2 aromatic carbocycles. The molecule has 4 N–H and O–H groups in total. The molecule has 5 nitrogen and oxygen atoms in total. The van der Waals surface area contributed by atoms with E-state index >= 15 is 0 Å². The van der Waals surface area contributed by atoms with Gasteiger partial charge in [0.05, 0.1) is 6.04 Å². The molecule has 0 aliphatic heterocycles. The number of rotatable bonds is 4. The molecule has 7 heteroatoms. The highest BCUT2D eigenvalue weighted by Gasteiger charge is 2.13. The molecular weight excluding hydrogens is 304 g/mol. The van der Waals surface area contributed by atoms with Gasteiger partial charge in [0.15, 0.2) is 0 Å². The number of urea groups is 1. The topological polar surface area (TPSA) is 84.2 Å². The van der Waals surface area contributed by atoms with E-state index in [1.54, 1.807) is 31.2 Å². The van der Waals surface area contributed by atoms with E-state index in [1.165, 1.54) is 0 Å². The summed E-state index contributed by atoms with van der Waals surface area (Å²) in [6, 6.07) is 8.21. The maximum absolute atomic E-state index is 13.1. The number of primary amides is 1. The molecule has 2 rings (SSSR count). The lowest BCUT2D eigenvalue weighted by Crippen LogP contribution is -2.27. The van der Waals surface area contributed by atoms with Gasteiger partial charge in [0.1, 0.15) is 11.6 Å². The molecule has 0 unspecified atom stereocenters. The Morgan fingerprint density at radius 1 is 1.04 bits per heavy atom. The van der Waals surface area contributed by atoms with Gasteiger partial charge in [-0.15, -0.1) is 0 Å². The Morgan fingerprint density at radius 3 is 2.13 bits per heavy atom. The van der Waals surface area contributed by atoms with Gasteiger partial charge in [0, 0.05) is 17.3 Å². The van der Waals surface area contributed by atoms with Crippen LogP contribution < -0.4 is 16.4 Å². The molecule has 0 aliphatic carbocycles. The molecular formula is C16H15F2N3O2. The van der Waals surface area contributed by atoms with Crippen LogP contribution in [0.25, 0.3) is 0 Å². The SMILES string of the molecule is C[C@H](NC(=O)c1cc(F)cc(F)c1)c1ccc(NC(N)=O)cc1. The fourth-order valence-electron chi connectivity index (χ4n) is 2.05. The summed E-state index contributed by atoms with van der Waals surface area (Å²) in [5.41, 5.74) is 6.19. The molecule has 0 heterocycles. The average molecular weight is 319 g/mol. The van der Waals surface area contributed by atoms with Crippen LogP contribution in [-0.4, -0.2) is 11.9 Å². The highest BCUT2D eigenvalue weighted by molar-refractivity contribution is 5.94. The maximum atomic E-state index is 13.1. The van der Waals surface area contributed by atoms with Crippen molar-refractivity contribution in [2.24, 2.45) is 5.73 Å². The smallest absolute Gasteiger partial charge is 0.316 e. The Morgan fingerprint density at radius 2 is 1.61 bits per heavy atom. The van der Waals surface area contributed by atoms with Gasteiger partial charge in [-0.05, 0) is 36.8 Å². The largest absolute Gasteiger partial charge is 0.351 e. The van der Waals surface area contributed by atoms with E-state index in [-0.39, 0.29) is 5.56 Å². The van der Waals surface area contributed by atoms with E-state index in [1.807, 2.05) is 0 Å². The summed E-state index contributed by atoms with van der Waals surface area (Å²) in [6.07, 6.45) is 0. The van der Waals surface area contributed by atoms with Crippen molar-refractivity contribution in [2.45, 2.75) is 13.0 Å². The van der Waals surface area contributed by atoms with Crippen molar-refractivity contribution in [1.82, 2.24) is 5.32 Å². The first kappa shape index (κ1) is 16.4. The predicted molar refractivity (Wildman–Crippen MR) is 81.9 cm³/mol. The number of halogens is 2. The predicted octanol–water partition coefficient (Wildman–Crippen LogP) is 2.95. The minimum atomic E-state index is -0.815. The summed E-state index contributed by atoms with van der Waals surface area (Å²) >= 11 is 0. The number of benzene rings is 2. The molecule has 1 atom stereocenters. The van der Waals surface area contributed by atoms with Crippen LogP contribution in [0.2, 0.25) is 0 Å². The molecule has 2 aromatic rings. The fourth-order valence-corrected chi connectivity index (χ4v) is 2.05. The second-order valence-electron chi connectivity index (χ2n) is 4.96. The zero-order valence-electron chi connectivity index (χ0n) is 12.3. The lowest BCUT2D eigenvalue weighted by atomic mass is 10.1. The zero-order valence-corrected chi connectivity index (χ0v) is 12.3. The zero-order chi connectivity index (χ0) is 17.0. The fraction of sp³-hybridized carbons (Fsp3) is 0.125. The minimum absolute atomic E-state index is 0.0960. The van der Waals surface area contributed by atoms with Crippen molar-refractivity contribution in [3.05, 3.63) is 65.2 Å². The Bertz CT molecular complexity index is 712. The number of amides is 3. The Balaban J connectivity index is 2.07. The lowest BCUT2D eigenvalue weighted by Gasteiger charge is -2.15. The summed E-state index contributed by atoms with van der Waals surface area (Å²) in [6.45, 7) is 1.73. The van der Waals surface area contributed by atoms with E-state index in [9.17, 15) is 18.4 Å². The van der Waals surface area contributed by atoms with Crippen molar-refractivity contribution in [3.63, 3.8) is 0 Å². The molecule has 23 heavy (non-hydrogen) atoms. The quantitative estimate of drug-likeness (QED) is 0.809. The van der Waals surface area contributed by atoms with Crippen molar-refractivity contribution >= 4 is 17.6 Å². The van der Waals surface area contributed by atoms with Gasteiger partial charge >= 0.3 is 6.03 Å². The number of hydrogen-bond donors (Lipinski definition) is 3. The van der Waals surface area contributed by atoms with Crippen LogP contribution >= 0.6 is 0 Å². The standard InChI is InChI=1S/C16H15F2N3O2/c1-9(10-2-4-14(5-3-10)21-16(19)23)20-15(22)11-6-12(17)8-13(18)7-11/h2-9H,1H3,(H,20,22)(H3,19,21,23)/t9-/m0/s1. The average Bonchev–Trinajstić information content (AvgIpc) is 2.46. The number of carbonyl (C=O) groups excluding carboxylic acids is 2. The molecule has 0 fully saturated rings. The summed E-state index contributed by atoms with van der Waals surface area (Å²) in [5, 5.41) is 5.06. The van der Waals surface area contributed by atoms with Crippen LogP contribution in [0.3, 0.4) is 0 Å². The first-order valence-electron chi connectivity index (χ1n) is 6.78. The molecule has 120 valence electrons. The highest BCUT2D eigenvalue weighted by atomic mass is 19.1. The third kappa shape index (κ3) is 4.50. The van der Waals surface area contributed by atoms with Crippen molar-refractivity contribution in [2.75, 3.05) is 5.32 Å². The second kappa shape index (κ2) is 6.87. The number of hydrogen-bond acceptors (Lipinski definition) is 2. The maximum Gasteiger partial charge on any atom is 0.316 e. The summed E-state index contributed by atoms with van der Waals surface area (Å²) in [4.78, 5) is 22.8. The lowest BCUT2D eigenvalue weighted by molar-refractivity contribution is 0.0939. The Kier molecular flexibility index (Phi) is 4.90. The van der Waals surface area contributed by atoms with E-state index in [0.29, 0.717) is 11.8 Å². The monoisotopic (exact) mass is 319 g/mol. The first-order valence-corrected chi connectivity index (χ1v) is 6.78. The van der Waals surface area contributed by atoms with Crippen molar-refractivity contribution < 1.29 is 18.4 Å². The van der Waals surface area contributed by atoms with Crippen LogP contribution in [0, 0.1) is 11.6 Å². The third-order valence-corrected chi connectivity index (χ3v) is 3.15. The molecule has 0 bridgehead atoms. The van der Waals surface area contributed by atoms with E-state index in [2.05, 4.69) is 10.6 Å². The van der Waals surface area contributed by atoms with Gasteiger partial charge in [0.25, 0.3) is 5.91 Å². The van der Waals surface area contributed by atoms with Gasteiger partial charge in [-0.2, -0.15) is 0 Å².